The van der Waals surface area contributed by atoms with Gasteiger partial charge < -0.3 is 36.8 Å². The van der Waals surface area contributed by atoms with Gasteiger partial charge in [-0.1, -0.05) is 97.8 Å². The number of nitrogens with two attached hydrogens (primary N) is 1. The Morgan fingerprint density at radius 1 is 0.811 bits per heavy atom. The van der Waals surface area contributed by atoms with Crippen LogP contribution in [-0.2, 0) is 9.59 Å². The molecule has 0 saturated carbocycles. The van der Waals surface area contributed by atoms with Crippen molar-refractivity contribution in [2.45, 2.75) is 147 Å². The van der Waals surface area contributed by atoms with Crippen LogP contribution < -0.4 is 16.4 Å². The van der Waals surface area contributed by atoms with Gasteiger partial charge in [-0.05, 0) is 12.3 Å². The molecule has 5 unspecified atom stereocenters. The van der Waals surface area contributed by atoms with Crippen LogP contribution in [0.3, 0.4) is 0 Å². The van der Waals surface area contributed by atoms with Crippen LogP contribution in [0.15, 0.2) is 0 Å². The molecule has 37 heavy (non-hydrogen) atoms. The average Bonchev–Trinajstić information content (AvgIpc) is 2.88. The molecule has 220 valence electrons. The number of aliphatic hydroxyl groups is 4. The third kappa shape index (κ3) is 17.8. The predicted molar refractivity (Wildman–Crippen MR) is 148 cm³/mol. The summed E-state index contributed by atoms with van der Waals surface area (Å²) in [7, 11) is 0. The Kier molecular flexibility index (Phi) is 21.9. The van der Waals surface area contributed by atoms with Gasteiger partial charge in [0, 0.05) is 18.9 Å². The van der Waals surface area contributed by atoms with E-state index >= 15 is 0 Å². The maximum absolute atomic E-state index is 12.6. The molecule has 2 amide bonds. The first kappa shape index (κ1) is 35.7. The Balaban J connectivity index is 4.26. The number of hydrogen-bond acceptors (Lipinski definition) is 7. The molecule has 0 rings (SSSR count). The largest absolute Gasteiger partial charge is 0.394 e. The molecule has 9 heteroatoms. The molecule has 0 heterocycles. The van der Waals surface area contributed by atoms with E-state index in [0.29, 0.717) is 12.8 Å². The minimum atomic E-state index is -1.03. The van der Waals surface area contributed by atoms with Crippen molar-refractivity contribution in [1.82, 2.24) is 10.6 Å². The van der Waals surface area contributed by atoms with E-state index in [0.717, 1.165) is 19.3 Å². The molecule has 0 spiro atoms. The molecule has 5 atom stereocenters. The summed E-state index contributed by atoms with van der Waals surface area (Å²) in [6.45, 7) is 5.11. The zero-order valence-electron chi connectivity index (χ0n) is 23.7. The Labute approximate surface area is 225 Å². The molecule has 0 saturated heterocycles. The predicted octanol–water partition coefficient (Wildman–Crippen LogP) is 2.52. The van der Waals surface area contributed by atoms with Crippen molar-refractivity contribution in [2.75, 3.05) is 13.2 Å². The molecule has 9 nitrogen and oxygen atoms in total. The number of carbonyl (C=O) groups excluding carboxylic acids is 2. The molecule has 0 aromatic heterocycles. The summed E-state index contributed by atoms with van der Waals surface area (Å²) in [5.41, 5.74) is 6.02. The van der Waals surface area contributed by atoms with E-state index in [-0.39, 0.29) is 18.8 Å². The minimum absolute atomic E-state index is 0.107. The summed E-state index contributed by atoms with van der Waals surface area (Å²) in [5, 5.41) is 44.3. The van der Waals surface area contributed by atoms with Crippen molar-refractivity contribution in [3.63, 3.8) is 0 Å². The topological polar surface area (TPSA) is 165 Å². The smallest absolute Gasteiger partial charge is 0.243 e. The quantitative estimate of drug-likeness (QED) is 0.0940. The second-order valence-corrected chi connectivity index (χ2v) is 10.7. The number of hydrogen-bond donors (Lipinski definition) is 7. The van der Waals surface area contributed by atoms with Gasteiger partial charge in [-0.25, -0.2) is 0 Å². The first-order valence-corrected chi connectivity index (χ1v) is 14.6. The number of carbonyl (C=O) groups is 2. The van der Waals surface area contributed by atoms with Gasteiger partial charge in [-0.2, -0.15) is 0 Å². The van der Waals surface area contributed by atoms with E-state index in [1.807, 2.05) is 13.8 Å². The van der Waals surface area contributed by atoms with Gasteiger partial charge in [-0.3, -0.25) is 9.59 Å². The normalized spacial score (nSPS) is 15.7. The van der Waals surface area contributed by atoms with Crippen molar-refractivity contribution in [2.24, 2.45) is 11.7 Å². The fourth-order valence-corrected chi connectivity index (χ4v) is 4.34. The van der Waals surface area contributed by atoms with Crippen LogP contribution in [0.1, 0.15) is 117 Å². The van der Waals surface area contributed by atoms with Crippen LogP contribution in [-0.4, -0.2) is 75.8 Å². The Morgan fingerprint density at radius 3 is 1.81 bits per heavy atom. The fourth-order valence-electron chi connectivity index (χ4n) is 4.34. The standard InChI is InChI=1S/C28H57N3O6/c1-4-6-7-8-9-10-11-12-13-14-15-16-23(34)17-25(35)24(29)18-26(36)31-27(21(3)5-2)28(37)30-22(19-32)20-33/h21-25,27,32-35H,4-20,29H2,1-3H3,(H,30,37)(H,31,36). The number of nitrogens with one attached hydrogen (secondary N) is 2. The lowest BCUT2D eigenvalue weighted by atomic mass is 9.96. The lowest BCUT2D eigenvalue weighted by Gasteiger charge is -2.27. The van der Waals surface area contributed by atoms with Gasteiger partial charge in [0.2, 0.25) is 11.8 Å². The Morgan fingerprint density at radius 2 is 1.32 bits per heavy atom. The molecule has 0 bridgehead atoms. The second-order valence-electron chi connectivity index (χ2n) is 10.7. The van der Waals surface area contributed by atoms with Crippen LogP contribution in [0.25, 0.3) is 0 Å². The maximum Gasteiger partial charge on any atom is 0.243 e. The first-order chi connectivity index (χ1) is 17.7. The summed E-state index contributed by atoms with van der Waals surface area (Å²) in [6.07, 6.45) is 13.0. The van der Waals surface area contributed by atoms with Crippen molar-refractivity contribution in [1.29, 1.82) is 0 Å². The Bertz CT molecular complexity index is 576. The zero-order chi connectivity index (χ0) is 28.1. The molecule has 0 aromatic carbocycles. The molecular weight excluding hydrogens is 474 g/mol. The molecule has 0 radical (unpaired) electrons. The van der Waals surface area contributed by atoms with Crippen molar-refractivity contribution >= 4 is 11.8 Å². The van der Waals surface area contributed by atoms with E-state index in [1.165, 1.54) is 51.4 Å². The highest BCUT2D eigenvalue weighted by Crippen LogP contribution is 2.15. The summed E-state index contributed by atoms with van der Waals surface area (Å²) in [4.78, 5) is 25.1. The zero-order valence-corrected chi connectivity index (χ0v) is 23.7. The molecule has 0 fully saturated rings. The first-order valence-electron chi connectivity index (χ1n) is 14.6. The summed E-state index contributed by atoms with van der Waals surface area (Å²) < 4.78 is 0. The fraction of sp³-hybridized carbons (Fsp3) is 0.929. The number of rotatable bonds is 24. The monoisotopic (exact) mass is 531 g/mol. The Hall–Kier alpha value is -1.26. The molecule has 0 aliphatic rings. The van der Waals surface area contributed by atoms with E-state index in [1.54, 1.807) is 0 Å². The summed E-state index contributed by atoms with van der Waals surface area (Å²) >= 11 is 0. The third-order valence-corrected chi connectivity index (χ3v) is 7.17. The van der Waals surface area contributed by atoms with Gasteiger partial charge >= 0.3 is 0 Å². The van der Waals surface area contributed by atoms with E-state index in [4.69, 9.17) is 5.73 Å². The van der Waals surface area contributed by atoms with Crippen molar-refractivity contribution in [3.05, 3.63) is 0 Å². The van der Waals surface area contributed by atoms with E-state index in [9.17, 15) is 30.0 Å². The molecule has 0 aliphatic carbocycles. The number of aliphatic hydroxyl groups excluding tert-OH is 4. The highest BCUT2D eigenvalue weighted by molar-refractivity contribution is 5.88. The van der Waals surface area contributed by atoms with Gasteiger partial charge in [-0.15, -0.1) is 0 Å². The second kappa shape index (κ2) is 22.7. The van der Waals surface area contributed by atoms with Crippen LogP contribution in [0.2, 0.25) is 0 Å². The molecular formula is C28H57N3O6. The van der Waals surface area contributed by atoms with Crippen LogP contribution in [0.5, 0.6) is 0 Å². The lowest BCUT2D eigenvalue weighted by Crippen LogP contribution is -2.54. The average molecular weight is 532 g/mol. The van der Waals surface area contributed by atoms with E-state index < -0.39 is 55.4 Å². The van der Waals surface area contributed by atoms with Gasteiger partial charge in [0.15, 0.2) is 0 Å². The minimum Gasteiger partial charge on any atom is -0.394 e. The molecule has 0 aliphatic heterocycles. The van der Waals surface area contributed by atoms with Gasteiger partial charge in [0.1, 0.15) is 6.04 Å². The maximum atomic E-state index is 12.6. The molecule has 0 aromatic rings. The number of amides is 2. The lowest BCUT2D eigenvalue weighted by molar-refractivity contribution is -0.131. The highest BCUT2D eigenvalue weighted by atomic mass is 16.3. The summed E-state index contributed by atoms with van der Waals surface area (Å²) in [6, 6.07) is -2.52. The van der Waals surface area contributed by atoms with Gasteiger partial charge in [0.25, 0.3) is 0 Å². The third-order valence-electron chi connectivity index (χ3n) is 7.17. The van der Waals surface area contributed by atoms with Crippen LogP contribution in [0.4, 0.5) is 0 Å². The molecule has 8 N–H and O–H groups in total. The summed E-state index contributed by atoms with van der Waals surface area (Å²) in [5.74, 6) is -1.15. The van der Waals surface area contributed by atoms with Gasteiger partial charge in [0.05, 0.1) is 31.5 Å². The highest BCUT2D eigenvalue weighted by Gasteiger charge is 2.29. The van der Waals surface area contributed by atoms with Crippen molar-refractivity contribution in [3.8, 4) is 0 Å². The van der Waals surface area contributed by atoms with Crippen LogP contribution in [0, 0.1) is 5.92 Å². The van der Waals surface area contributed by atoms with Crippen LogP contribution >= 0.6 is 0 Å². The van der Waals surface area contributed by atoms with E-state index in [2.05, 4.69) is 17.6 Å². The SMILES string of the molecule is CCCCCCCCCCCCCC(O)CC(O)C(N)CC(=O)NC(C(=O)NC(CO)CO)C(C)CC. The van der Waals surface area contributed by atoms with Crippen molar-refractivity contribution < 1.29 is 30.0 Å². The number of unbranched alkanes of at least 4 members (excludes halogenated alkanes) is 10.